The second-order valence-corrected chi connectivity index (χ2v) is 3.74. The summed E-state index contributed by atoms with van der Waals surface area (Å²) < 4.78 is 0. The number of likely N-dealkylation sites (tertiary alicyclic amines) is 1. The number of rotatable bonds is 3. The normalized spacial score (nSPS) is 30.0. The number of carboxylic acid groups (broad SMARTS) is 1. The molecule has 74 valence electrons. The number of hydrogen-bond acceptors (Lipinski definition) is 2. The van der Waals surface area contributed by atoms with Gasteiger partial charge in [0, 0.05) is 12.1 Å². The maximum atomic E-state index is 11.0. The Morgan fingerprint density at radius 1 is 1.77 bits per heavy atom. The number of halogens is 1. The first-order valence-electron chi connectivity index (χ1n) is 4.35. The van der Waals surface area contributed by atoms with Crippen LogP contribution in [0.4, 0.5) is 0 Å². The van der Waals surface area contributed by atoms with E-state index in [-0.39, 0.29) is 0 Å². The summed E-state index contributed by atoms with van der Waals surface area (Å²) in [7, 11) is 0. The van der Waals surface area contributed by atoms with Gasteiger partial charge in [-0.15, -0.1) is 0 Å². The summed E-state index contributed by atoms with van der Waals surface area (Å²) in [6.07, 6.45) is 3.44. The van der Waals surface area contributed by atoms with Crippen LogP contribution < -0.4 is 0 Å². The molecule has 1 N–H and O–H groups in total. The zero-order valence-corrected chi connectivity index (χ0v) is 8.42. The quantitative estimate of drug-likeness (QED) is 0.759. The molecule has 0 aromatic rings. The highest BCUT2D eigenvalue weighted by Gasteiger charge is 2.42. The summed E-state index contributed by atoms with van der Waals surface area (Å²) in [6.45, 7) is 3.22. The maximum Gasteiger partial charge on any atom is 0.323 e. The average molecular weight is 204 g/mol. The van der Waals surface area contributed by atoms with Crippen molar-refractivity contribution in [2.45, 2.75) is 25.3 Å². The largest absolute Gasteiger partial charge is 0.480 e. The third-order valence-electron chi connectivity index (χ3n) is 2.67. The molecule has 1 unspecified atom stereocenters. The second kappa shape index (κ2) is 4.11. The van der Waals surface area contributed by atoms with Gasteiger partial charge in [0.15, 0.2) is 0 Å². The molecule has 1 fully saturated rings. The molecule has 4 heteroatoms. The maximum absolute atomic E-state index is 11.0. The highest BCUT2D eigenvalue weighted by Crippen LogP contribution is 2.28. The molecule has 0 aromatic heterocycles. The third-order valence-corrected chi connectivity index (χ3v) is 2.84. The van der Waals surface area contributed by atoms with E-state index in [1.807, 2.05) is 4.90 Å². The Labute approximate surface area is 83.0 Å². The average Bonchev–Trinajstić information content (AvgIpc) is 2.45. The molecule has 1 aliphatic heterocycles. The minimum absolute atomic E-state index is 0.617. The molecule has 0 amide bonds. The van der Waals surface area contributed by atoms with Crippen molar-refractivity contribution < 1.29 is 9.90 Å². The predicted octanol–water partition coefficient (Wildman–Crippen LogP) is 1.68. The van der Waals surface area contributed by atoms with Gasteiger partial charge in [-0.3, -0.25) is 9.69 Å². The van der Waals surface area contributed by atoms with Gasteiger partial charge in [-0.05, 0) is 26.3 Å². The summed E-state index contributed by atoms with van der Waals surface area (Å²) in [5, 5.41) is 9.04. The van der Waals surface area contributed by atoms with Crippen molar-refractivity contribution in [3.63, 3.8) is 0 Å². The van der Waals surface area contributed by atoms with Crippen molar-refractivity contribution in [3.05, 3.63) is 11.6 Å². The molecule has 1 atom stereocenters. The van der Waals surface area contributed by atoms with Gasteiger partial charge in [0.05, 0.1) is 0 Å². The lowest BCUT2D eigenvalue weighted by Gasteiger charge is -2.29. The van der Waals surface area contributed by atoms with Gasteiger partial charge in [-0.1, -0.05) is 17.7 Å². The number of carboxylic acids is 1. The first kappa shape index (κ1) is 10.5. The summed E-state index contributed by atoms with van der Waals surface area (Å²) in [5.74, 6) is -0.743. The van der Waals surface area contributed by atoms with Crippen LogP contribution in [-0.2, 0) is 4.79 Å². The number of carbonyl (C=O) groups is 1. The summed E-state index contributed by atoms with van der Waals surface area (Å²) >= 11 is 5.40. The van der Waals surface area contributed by atoms with Crippen LogP contribution >= 0.6 is 11.6 Å². The molecule has 1 saturated heterocycles. The Morgan fingerprint density at radius 3 is 3.00 bits per heavy atom. The Balaban J connectivity index is 2.67. The Kier molecular flexibility index (Phi) is 3.33. The fourth-order valence-corrected chi connectivity index (χ4v) is 1.80. The van der Waals surface area contributed by atoms with Gasteiger partial charge < -0.3 is 5.11 Å². The van der Waals surface area contributed by atoms with E-state index in [1.54, 1.807) is 13.0 Å². The third kappa shape index (κ3) is 2.03. The molecular formula is C9H14ClNO2. The first-order valence-corrected chi connectivity index (χ1v) is 4.78. The molecule has 0 spiro atoms. The smallest absolute Gasteiger partial charge is 0.323 e. The van der Waals surface area contributed by atoms with Crippen molar-refractivity contribution in [2.24, 2.45) is 0 Å². The standard InChI is InChI=1S/C9H14ClNO2/c1-9(8(12)13)4-2-6-11(9)7-3-5-10/h3,5H,2,4,6-7H2,1H3,(H,12,13)/b5-3+. The summed E-state index contributed by atoms with van der Waals surface area (Å²) in [4.78, 5) is 12.9. The molecule has 13 heavy (non-hydrogen) atoms. The first-order chi connectivity index (χ1) is 6.11. The number of nitrogens with zero attached hydrogens (tertiary/aromatic N) is 1. The Morgan fingerprint density at radius 2 is 2.46 bits per heavy atom. The van der Waals surface area contributed by atoms with Crippen LogP contribution in [0.3, 0.4) is 0 Å². The number of hydrogen-bond donors (Lipinski definition) is 1. The van der Waals surface area contributed by atoms with Crippen molar-refractivity contribution >= 4 is 17.6 Å². The minimum Gasteiger partial charge on any atom is -0.480 e. The molecule has 1 rings (SSSR count). The lowest BCUT2D eigenvalue weighted by molar-refractivity contribution is -0.148. The van der Waals surface area contributed by atoms with E-state index >= 15 is 0 Å². The van der Waals surface area contributed by atoms with Gasteiger partial charge in [-0.25, -0.2) is 0 Å². The van der Waals surface area contributed by atoms with Crippen LogP contribution in [0.1, 0.15) is 19.8 Å². The fraction of sp³-hybridized carbons (Fsp3) is 0.667. The molecular weight excluding hydrogens is 190 g/mol. The molecule has 0 saturated carbocycles. The van der Waals surface area contributed by atoms with E-state index in [1.165, 1.54) is 5.54 Å². The van der Waals surface area contributed by atoms with Crippen LogP contribution in [0, 0.1) is 0 Å². The van der Waals surface area contributed by atoms with Gasteiger partial charge in [0.25, 0.3) is 0 Å². The second-order valence-electron chi connectivity index (χ2n) is 3.49. The zero-order chi connectivity index (χ0) is 9.90. The fourth-order valence-electron chi connectivity index (χ4n) is 1.72. The van der Waals surface area contributed by atoms with Crippen LogP contribution in [-0.4, -0.2) is 34.6 Å². The van der Waals surface area contributed by atoms with E-state index in [4.69, 9.17) is 16.7 Å². The van der Waals surface area contributed by atoms with Crippen molar-refractivity contribution in [1.29, 1.82) is 0 Å². The monoisotopic (exact) mass is 203 g/mol. The molecule has 3 nitrogen and oxygen atoms in total. The minimum atomic E-state index is -0.743. The van der Waals surface area contributed by atoms with E-state index in [0.29, 0.717) is 6.54 Å². The summed E-state index contributed by atoms with van der Waals surface area (Å²) in [5.41, 5.74) is 0.733. The molecule has 0 bridgehead atoms. The van der Waals surface area contributed by atoms with Crippen molar-refractivity contribution in [2.75, 3.05) is 13.1 Å². The van der Waals surface area contributed by atoms with Gasteiger partial charge in [0.2, 0.25) is 0 Å². The Bertz CT molecular complexity index is 230. The molecule has 1 heterocycles. The number of aliphatic carboxylic acids is 1. The molecule has 1 aliphatic rings. The lowest BCUT2D eigenvalue weighted by atomic mass is 9.99. The van der Waals surface area contributed by atoms with Gasteiger partial charge >= 0.3 is 5.97 Å². The van der Waals surface area contributed by atoms with E-state index in [9.17, 15) is 4.79 Å². The Hall–Kier alpha value is -0.540. The van der Waals surface area contributed by atoms with Crippen LogP contribution in [0.2, 0.25) is 0 Å². The summed E-state index contributed by atoms with van der Waals surface area (Å²) in [6, 6.07) is 0. The van der Waals surface area contributed by atoms with E-state index < -0.39 is 11.5 Å². The molecule has 0 aromatic carbocycles. The van der Waals surface area contributed by atoms with Crippen LogP contribution in [0.5, 0.6) is 0 Å². The van der Waals surface area contributed by atoms with Gasteiger partial charge in [-0.2, -0.15) is 0 Å². The zero-order valence-electron chi connectivity index (χ0n) is 7.66. The highest BCUT2D eigenvalue weighted by atomic mass is 35.5. The van der Waals surface area contributed by atoms with E-state index in [0.717, 1.165) is 19.4 Å². The lowest BCUT2D eigenvalue weighted by Crippen LogP contribution is -2.47. The van der Waals surface area contributed by atoms with Crippen LogP contribution in [0.25, 0.3) is 0 Å². The SMILES string of the molecule is CC1(C(=O)O)CCCN1C/C=C/Cl. The molecule has 0 aliphatic carbocycles. The van der Waals surface area contributed by atoms with Crippen molar-refractivity contribution in [3.8, 4) is 0 Å². The van der Waals surface area contributed by atoms with Gasteiger partial charge in [0.1, 0.15) is 5.54 Å². The molecule has 0 radical (unpaired) electrons. The topological polar surface area (TPSA) is 40.5 Å². The van der Waals surface area contributed by atoms with E-state index in [2.05, 4.69) is 0 Å². The van der Waals surface area contributed by atoms with Crippen molar-refractivity contribution in [1.82, 2.24) is 4.90 Å². The van der Waals surface area contributed by atoms with Crippen LogP contribution in [0.15, 0.2) is 11.6 Å². The highest BCUT2D eigenvalue weighted by molar-refractivity contribution is 6.25. The predicted molar refractivity (Wildman–Crippen MR) is 51.8 cm³/mol.